The Balaban J connectivity index is 3.58. The van der Waals surface area contributed by atoms with Gasteiger partial charge in [-0.25, -0.2) is 0 Å². The van der Waals surface area contributed by atoms with Gasteiger partial charge in [0.25, 0.3) is 0 Å². The van der Waals surface area contributed by atoms with Crippen LogP contribution in [-0.2, 0) is 14.3 Å². The van der Waals surface area contributed by atoms with Crippen LogP contribution in [0, 0.1) is 0 Å². The number of ether oxygens (including phenoxy) is 2. The van der Waals surface area contributed by atoms with Crippen molar-refractivity contribution >= 4 is 5.97 Å². The number of carboxylic acid groups (broad SMARTS) is 1. The molecule has 0 aliphatic heterocycles. The zero-order chi connectivity index (χ0) is 34.9. The Hall–Kier alpha value is -1.17. The quantitative estimate of drug-likeness (QED) is 0.0515. The average molecular weight is 678 g/mol. The van der Waals surface area contributed by atoms with Gasteiger partial charge in [-0.3, -0.25) is 9.69 Å². The van der Waals surface area contributed by atoms with Crippen LogP contribution in [0.15, 0.2) is 24.3 Å². The molecule has 0 heterocycles. The molecular weight excluding hydrogens is 594 g/mol. The zero-order valence-corrected chi connectivity index (χ0v) is 32.4. The van der Waals surface area contributed by atoms with Gasteiger partial charge in [-0.05, 0) is 64.2 Å². The lowest BCUT2D eigenvalue weighted by Crippen LogP contribution is -2.33. The number of nitrogens with zero attached hydrogens (tertiary/aromatic N) is 1. The Bertz CT molecular complexity index is 632. The van der Waals surface area contributed by atoms with Crippen molar-refractivity contribution < 1.29 is 19.4 Å². The first kappa shape index (κ1) is 46.8. The third-order valence-electron chi connectivity index (χ3n) is 9.35. The second-order valence-electron chi connectivity index (χ2n) is 14.1. The summed E-state index contributed by atoms with van der Waals surface area (Å²) in [5, 5.41) is 9.14. The number of hydrogen-bond acceptors (Lipinski definition) is 4. The molecule has 0 radical (unpaired) electrons. The standard InChI is InChI=1S/C43H83NO4/c1-3-5-7-9-11-13-15-17-19-21-23-25-27-29-31-33-39-47-41-37-44(36-35-43(45)46)38-42-48-40-34-32-30-28-26-24-22-20-18-16-14-12-10-8-6-4-2/h17-20H,3-16,21-42H2,1-2H3,(H,45,46). The number of unbranched alkanes of at least 4 members (excludes halogenated alkanes) is 24. The number of rotatable bonds is 41. The second kappa shape index (κ2) is 42.0. The summed E-state index contributed by atoms with van der Waals surface area (Å²) in [5.41, 5.74) is 0. The van der Waals surface area contributed by atoms with E-state index < -0.39 is 5.97 Å². The number of hydrogen-bond donors (Lipinski definition) is 1. The maximum Gasteiger partial charge on any atom is 0.304 e. The van der Waals surface area contributed by atoms with Crippen LogP contribution in [0.4, 0.5) is 0 Å². The number of carboxylic acids is 1. The molecule has 0 aliphatic carbocycles. The van der Waals surface area contributed by atoms with Crippen LogP contribution < -0.4 is 0 Å². The highest BCUT2D eigenvalue weighted by atomic mass is 16.5. The lowest BCUT2D eigenvalue weighted by molar-refractivity contribution is -0.137. The minimum atomic E-state index is -0.741. The minimum Gasteiger partial charge on any atom is -0.481 e. The van der Waals surface area contributed by atoms with Crippen LogP contribution in [0.25, 0.3) is 0 Å². The molecule has 0 aromatic heterocycles. The summed E-state index contributed by atoms with van der Waals surface area (Å²) < 4.78 is 11.8. The molecule has 0 rings (SSSR count). The highest BCUT2D eigenvalue weighted by Gasteiger charge is 2.08. The van der Waals surface area contributed by atoms with Gasteiger partial charge in [0.2, 0.25) is 0 Å². The molecule has 5 nitrogen and oxygen atoms in total. The lowest BCUT2D eigenvalue weighted by Gasteiger charge is -2.21. The molecule has 1 N–H and O–H groups in total. The van der Waals surface area contributed by atoms with E-state index in [0.717, 1.165) is 39.1 Å². The molecule has 0 bridgehead atoms. The summed E-state index contributed by atoms with van der Waals surface area (Å²) in [5.74, 6) is -0.741. The molecule has 0 spiro atoms. The van der Waals surface area contributed by atoms with Gasteiger partial charge in [0, 0.05) is 32.8 Å². The monoisotopic (exact) mass is 678 g/mol. The smallest absolute Gasteiger partial charge is 0.304 e. The Kier molecular flexibility index (Phi) is 41.0. The van der Waals surface area contributed by atoms with E-state index in [1.54, 1.807) is 0 Å². The highest BCUT2D eigenvalue weighted by molar-refractivity contribution is 5.66. The average Bonchev–Trinajstić information content (AvgIpc) is 3.08. The van der Waals surface area contributed by atoms with Gasteiger partial charge < -0.3 is 14.6 Å². The lowest BCUT2D eigenvalue weighted by atomic mass is 10.1. The summed E-state index contributed by atoms with van der Waals surface area (Å²) in [6.07, 6.45) is 46.6. The molecule has 0 aliphatic rings. The van der Waals surface area contributed by atoms with Crippen LogP contribution in [0.2, 0.25) is 0 Å². The third-order valence-corrected chi connectivity index (χ3v) is 9.35. The van der Waals surface area contributed by atoms with E-state index in [2.05, 4.69) is 43.1 Å². The molecular formula is C43H83NO4. The largest absolute Gasteiger partial charge is 0.481 e. The summed E-state index contributed by atoms with van der Waals surface area (Å²) in [4.78, 5) is 13.3. The maximum absolute atomic E-state index is 11.1. The summed E-state index contributed by atoms with van der Waals surface area (Å²) >= 11 is 0. The van der Waals surface area contributed by atoms with Crippen molar-refractivity contribution in [1.82, 2.24) is 4.90 Å². The third kappa shape index (κ3) is 41.0. The van der Waals surface area contributed by atoms with Gasteiger partial charge in [0.15, 0.2) is 0 Å². The van der Waals surface area contributed by atoms with Crippen LogP contribution in [0.1, 0.15) is 200 Å². The van der Waals surface area contributed by atoms with Gasteiger partial charge in [0.05, 0.1) is 19.6 Å². The first-order chi connectivity index (χ1) is 23.7. The number of allylic oxidation sites excluding steroid dienone is 4. The fourth-order valence-corrected chi connectivity index (χ4v) is 6.08. The van der Waals surface area contributed by atoms with E-state index in [1.807, 2.05) is 0 Å². The number of aliphatic carboxylic acids is 1. The Morgan fingerprint density at radius 3 is 1.08 bits per heavy atom. The highest BCUT2D eigenvalue weighted by Crippen LogP contribution is 2.12. The Morgan fingerprint density at radius 2 is 0.750 bits per heavy atom. The molecule has 0 amide bonds. The van der Waals surface area contributed by atoms with Crippen molar-refractivity contribution in [3.05, 3.63) is 24.3 Å². The van der Waals surface area contributed by atoms with Crippen molar-refractivity contribution in [2.75, 3.05) is 46.1 Å². The first-order valence-electron chi connectivity index (χ1n) is 21.1. The van der Waals surface area contributed by atoms with E-state index in [9.17, 15) is 4.79 Å². The van der Waals surface area contributed by atoms with Gasteiger partial charge in [-0.15, -0.1) is 0 Å². The van der Waals surface area contributed by atoms with Gasteiger partial charge in [0.1, 0.15) is 0 Å². The fraction of sp³-hybridized carbons (Fsp3) is 0.884. The van der Waals surface area contributed by atoms with Crippen molar-refractivity contribution in [2.24, 2.45) is 0 Å². The summed E-state index contributed by atoms with van der Waals surface area (Å²) in [6.45, 7) is 9.61. The van der Waals surface area contributed by atoms with E-state index in [-0.39, 0.29) is 6.42 Å². The van der Waals surface area contributed by atoms with Gasteiger partial charge in [-0.1, -0.05) is 154 Å². The van der Waals surface area contributed by atoms with Crippen LogP contribution in [0.3, 0.4) is 0 Å². The second-order valence-corrected chi connectivity index (χ2v) is 14.1. The molecule has 0 fully saturated rings. The van der Waals surface area contributed by atoms with Crippen LogP contribution in [-0.4, -0.2) is 62.0 Å². The minimum absolute atomic E-state index is 0.170. The van der Waals surface area contributed by atoms with E-state index in [0.29, 0.717) is 19.8 Å². The van der Waals surface area contributed by atoms with E-state index in [1.165, 1.54) is 167 Å². The maximum atomic E-state index is 11.1. The van der Waals surface area contributed by atoms with Crippen molar-refractivity contribution in [2.45, 2.75) is 200 Å². The molecule has 5 heteroatoms. The molecule has 284 valence electrons. The summed E-state index contributed by atoms with van der Waals surface area (Å²) in [7, 11) is 0. The normalized spacial score (nSPS) is 12.0. The van der Waals surface area contributed by atoms with Gasteiger partial charge in [-0.2, -0.15) is 0 Å². The molecule has 48 heavy (non-hydrogen) atoms. The first-order valence-corrected chi connectivity index (χ1v) is 21.1. The van der Waals surface area contributed by atoms with Crippen molar-refractivity contribution in [1.29, 1.82) is 0 Å². The SMILES string of the molecule is CCCCCCCCC=CCCCCCCCCOCCN(CCOCCCCCCCCC=CCCCCCCCC)CCC(=O)O. The molecule has 0 unspecified atom stereocenters. The Morgan fingerprint density at radius 1 is 0.438 bits per heavy atom. The predicted molar refractivity (Wildman–Crippen MR) is 209 cm³/mol. The molecule has 0 aromatic carbocycles. The predicted octanol–water partition coefficient (Wildman–Crippen LogP) is 12.9. The topological polar surface area (TPSA) is 59.0 Å². The molecule has 0 saturated heterocycles. The van der Waals surface area contributed by atoms with Crippen LogP contribution in [0.5, 0.6) is 0 Å². The van der Waals surface area contributed by atoms with Crippen molar-refractivity contribution in [3.8, 4) is 0 Å². The fourth-order valence-electron chi connectivity index (χ4n) is 6.08. The number of carbonyl (C=O) groups is 1. The summed E-state index contributed by atoms with van der Waals surface area (Å²) in [6, 6.07) is 0. The van der Waals surface area contributed by atoms with Crippen LogP contribution >= 0.6 is 0 Å². The van der Waals surface area contributed by atoms with Crippen molar-refractivity contribution in [3.63, 3.8) is 0 Å². The zero-order valence-electron chi connectivity index (χ0n) is 32.4. The molecule has 0 aromatic rings. The Labute approximate surface area is 300 Å². The van der Waals surface area contributed by atoms with Gasteiger partial charge >= 0.3 is 5.97 Å². The molecule has 0 atom stereocenters. The van der Waals surface area contributed by atoms with E-state index >= 15 is 0 Å². The molecule has 0 saturated carbocycles. The van der Waals surface area contributed by atoms with E-state index in [4.69, 9.17) is 14.6 Å².